The molecule has 2 rings (SSSR count). The smallest absolute Gasteiger partial charge is 0.155 e. The first-order chi connectivity index (χ1) is 10.2. The standard InChI is InChI=1S/C15H22ClN5/c1-4-9-17-10-12-11(16)7-8-15(18-12)21-14(6-3)19-13(5-2)20-21/h7-8,17H,4-6,9-10H2,1-3H3. The van der Waals surface area contributed by atoms with E-state index >= 15 is 0 Å². The zero-order valence-electron chi connectivity index (χ0n) is 12.9. The van der Waals surface area contributed by atoms with Crippen molar-refractivity contribution in [2.45, 2.75) is 46.6 Å². The fourth-order valence-corrected chi connectivity index (χ4v) is 2.22. The molecule has 21 heavy (non-hydrogen) atoms. The van der Waals surface area contributed by atoms with Crippen LogP contribution in [0.3, 0.4) is 0 Å². The third-order valence-corrected chi connectivity index (χ3v) is 3.53. The van der Waals surface area contributed by atoms with Gasteiger partial charge in [-0.3, -0.25) is 0 Å². The van der Waals surface area contributed by atoms with E-state index < -0.39 is 0 Å². The molecule has 6 heteroatoms. The average molecular weight is 308 g/mol. The van der Waals surface area contributed by atoms with Gasteiger partial charge in [0.05, 0.1) is 10.7 Å². The van der Waals surface area contributed by atoms with Crippen LogP contribution in [0.15, 0.2) is 12.1 Å². The highest BCUT2D eigenvalue weighted by atomic mass is 35.5. The number of nitrogens with one attached hydrogen (secondary N) is 1. The quantitative estimate of drug-likeness (QED) is 0.799. The maximum Gasteiger partial charge on any atom is 0.155 e. The van der Waals surface area contributed by atoms with E-state index in [0.717, 1.165) is 49.0 Å². The Balaban J connectivity index is 2.31. The van der Waals surface area contributed by atoms with Gasteiger partial charge in [0.15, 0.2) is 11.6 Å². The fraction of sp³-hybridized carbons (Fsp3) is 0.533. The predicted molar refractivity (Wildman–Crippen MR) is 84.9 cm³/mol. The van der Waals surface area contributed by atoms with Crippen LogP contribution in [-0.2, 0) is 19.4 Å². The molecular formula is C15H22ClN5. The van der Waals surface area contributed by atoms with Gasteiger partial charge in [0.2, 0.25) is 0 Å². The molecule has 0 radical (unpaired) electrons. The van der Waals surface area contributed by atoms with E-state index in [9.17, 15) is 0 Å². The normalized spacial score (nSPS) is 11.0. The summed E-state index contributed by atoms with van der Waals surface area (Å²) in [6, 6.07) is 3.76. The van der Waals surface area contributed by atoms with Gasteiger partial charge in [0.1, 0.15) is 5.82 Å². The highest BCUT2D eigenvalue weighted by molar-refractivity contribution is 6.31. The first kappa shape index (κ1) is 15.9. The Bertz CT molecular complexity index is 594. The topological polar surface area (TPSA) is 55.6 Å². The second-order valence-corrected chi connectivity index (χ2v) is 5.25. The van der Waals surface area contributed by atoms with Gasteiger partial charge in [0, 0.05) is 19.4 Å². The van der Waals surface area contributed by atoms with E-state index in [1.807, 2.05) is 16.8 Å². The van der Waals surface area contributed by atoms with Gasteiger partial charge in [0.25, 0.3) is 0 Å². The number of halogens is 1. The highest BCUT2D eigenvalue weighted by Gasteiger charge is 2.12. The van der Waals surface area contributed by atoms with Gasteiger partial charge in [-0.25, -0.2) is 9.97 Å². The number of hydrogen-bond donors (Lipinski definition) is 1. The number of rotatable bonds is 7. The lowest BCUT2D eigenvalue weighted by atomic mass is 10.3. The summed E-state index contributed by atoms with van der Waals surface area (Å²) < 4.78 is 1.82. The first-order valence-corrected chi connectivity index (χ1v) is 7.88. The number of hydrogen-bond acceptors (Lipinski definition) is 4. The lowest BCUT2D eigenvalue weighted by Gasteiger charge is -2.09. The van der Waals surface area contributed by atoms with E-state index in [0.29, 0.717) is 11.6 Å². The molecule has 0 spiro atoms. The van der Waals surface area contributed by atoms with E-state index in [4.69, 9.17) is 11.6 Å². The zero-order valence-corrected chi connectivity index (χ0v) is 13.6. The molecule has 0 amide bonds. The Labute approximate surface area is 130 Å². The van der Waals surface area contributed by atoms with Crippen molar-refractivity contribution in [2.75, 3.05) is 6.54 Å². The molecular weight excluding hydrogens is 286 g/mol. The molecule has 0 unspecified atom stereocenters. The first-order valence-electron chi connectivity index (χ1n) is 7.50. The number of pyridine rings is 1. The molecule has 0 bridgehead atoms. The molecule has 5 nitrogen and oxygen atoms in total. The maximum absolute atomic E-state index is 6.22. The van der Waals surface area contributed by atoms with Crippen LogP contribution in [0.1, 0.15) is 44.5 Å². The van der Waals surface area contributed by atoms with Crippen molar-refractivity contribution in [1.29, 1.82) is 0 Å². The summed E-state index contributed by atoms with van der Waals surface area (Å²) in [6.45, 7) is 7.87. The lowest BCUT2D eigenvalue weighted by Crippen LogP contribution is -2.16. The number of aromatic nitrogens is 4. The molecule has 2 aromatic rings. The van der Waals surface area contributed by atoms with Crippen LogP contribution in [0.4, 0.5) is 0 Å². The predicted octanol–water partition coefficient (Wildman–Crippen LogP) is 2.94. The van der Waals surface area contributed by atoms with Crippen LogP contribution in [0.5, 0.6) is 0 Å². The number of nitrogens with zero attached hydrogens (tertiary/aromatic N) is 4. The van der Waals surface area contributed by atoms with Crippen molar-refractivity contribution in [3.8, 4) is 5.82 Å². The summed E-state index contributed by atoms with van der Waals surface area (Å²) in [6.07, 6.45) is 2.72. The Hall–Kier alpha value is -1.46. The Morgan fingerprint density at radius 3 is 2.62 bits per heavy atom. The second kappa shape index (κ2) is 7.52. The summed E-state index contributed by atoms with van der Waals surface area (Å²) in [5, 5.41) is 8.52. The molecule has 0 saturated heterocycles. The van der Waals surface area contributed by atoms with Gasteiger partial charge in [-0.05, 0) is 25.1 Å². The van der Waals surface area contributed by atoms with Gasteiger partial charge in [-0.2, -0.15) is 4.68 Å². The summed E-state index contributed by atoms with van der Waals surface area (Å²) in [5.74, 6) is 2.54. The SMILES string of the molecule is CCCNCc1nc(-n2nc(CC)nc2CC)ccc1Cl. The van der Waals surface area contributed by atoms with Crippen molar-refractivity contribution in [2.24, 2.45) is 0 Å². The number of aryl methyl sites for hydroxylation is 2. The van der Waals surface area contributed by atoms with Gasteiger partial charge in [-0.1, -0.05) is 32.4 Å². The highest BCUT2D eigenvalue weighted by Crippen LogP contribution is 2.17. The van der Waals surface area contributed by atoms with Gasteiger partial charge in [-0.15, -0.1) is 5.10 Å². The van der Waals surface area contributed by atoms with E-state index in [2.05, 4.69) is 41.2 Å². The molecule has 0 aliphatic carbocycles. The van der Waals surface area contributed by atoms with E-state index in [-0.39, 0.29) is 0 Å². The minimum atomic E-state index is 0.664. The molecule has 0 saturated carbocycles. The molecule has 0 atom stereocenters. The lowest BCUT2D eigenvalue weighted by molar-refractivity contribution is 0.659. The van der Waals surface area contributed by atoms with Crippen molar-refractivity contribution in [3.05, 3.63) is 34.5 Å². The largest absolute Gasteiger partial charge is 0.311 e. The third kappa shape index (κ3) is 3.80. The third-order valence-electron chi connectivity index (χ3n) is 3.19. The van der Waals surface area contributed by atoms with Crippen molar-refractivity contribution < 1.29 is 0 Å². The Morgan fingerprint density at radius 2 is 1.95 bits per heavy atom. The molecule has 2 aromatic heterocycles. The van der Waals surface area contributed by atoms with Crippen LogP contribution in [0.25, 0.3) is 5.82 Å². The Kier molecular flexibility index (Phi) is 5.70. The average Bonchev–Trinajstić information content (AvgIpc) is 2.93. The molecule has 114 valence electrons. The van der Waals surface area contributed by atoms with Crippen LogP contribution >= 0.6 is 11.6 Å². The summed E-state index contributed by atoms with van der Waals surface area (Å²) in [4.78, 5) is 9.15. The summed E-state index contributed by atoms with van der Waals surface area (Å²) >= 11 is 6.22. The van der Waals surface area contributed by atoms with Crippen LogP contribution in [0.2, 0.25) is 5.02 Å². The zero-order chi connectivity index (χ0) is 15.2. The van der Waals surface area contributed by atoms with E-state index in [1.54, 1.807) is 0 Å². The molecule has 1 N–H and O–H groups in total. The van der Waals surface area contributed by atoms with Crippen LogP contribution < -0.4 is 5.32 Å². The van der Waals surface area contributed by atoms with E-state index in [1.165, 1.54) is 0 Å². The molecule has 2 heterocycles. The van der Waals surface area contributed by atoms with Crippen LogP contribution in [-0.4, -0.2) is 26.3 Å². The summed E-state index contributed by atoms with van der Waals surface area (Å²) in [5.41, 5.74) is 0.846. The molecule has 0 aliphatic rings. The summed E-state index contributed by atoms with van der Waals surface area (Å²) in [7, 11) is 0. The Morgan fingerprint density at radius 1 is 1.14 bits per heavy atom. The second-order valence-electron chi connectivity index (χ2n) is 4.84. The van der Waals surface area contributed by atoms with Gasteiger partial charge < -0.3 is 5.32 Å². The van der Waals surface area contributed by atoms with Crippen molar-refractivity contribution in [3.63, 3.8) is 0 Å². The van der Waals surface area contributed by atoms with Crippen molar-refractivity contribution >= 4 is 11.6 Å². The van der Waals surface area contributed by atoms with Crippen molar-refractivity contribution in [1.82, 2.24) is 25.1 Å². The van der Waals surface area contributed by atoms with Gasteiger partial charge >= 0.3 is 0 Å². The monoisotopic (exact) mass is 307 g/mol. The molecule has 0 aromatic carbocycles. The fourth-order valence-electron chi connectivity index (χ4n) is 2.05. The minimum absolute atomic E-state index is 0.664. The molecule has 0 fully saturated rings. The molecule has 0 aliphatic heterocycles. The maximum atomic E-state index is 6.22. The minimum Gasteiger partial charge on any atom is -0.311 e. The van der Waals surface area contributed by atoms with Crippen LogP contribution in [0, 0.1) is 0 Å².